The van der Waals surface area contributed by atoms with Gasteiger partial charge in [-0.05, 0) is 212 Å². The minimum absolute atomic E-state index is 0.0252. The molecule has 10 heterocycles. The van der Waals surface area contributed by atoms with Crippen LogP contribution >= 0.6 is 0 Å². The smallest absolute Gasteiger partial charge is 0.435 e. The quantitative estimate of drug-likeness (QED) is 0.0215. The fourth-order valence-corrected chi connectivity index (χ4v) is 19.5. The Hall–Kier alpha value is -10.6. The molecule has 30 heteroatoms. The molecule has 30 nitrogen and oxygen atoms in total. The van der Waals surface area contributed by atoms with Gasteiger partial charge in [0.2, 0.25) is 11.8 Å². The van der Waals surface area contributed by atoms with E-state index in [4.69, 9.17) is 24.0 Å². The molecule has 4 aromatic carbocycles. The molecule has 0 saturated carbocycles. The van der Waals surface area contributed by atoms with Crippen molar-refractivity contribution in [1.82, 2.24) is 78.5 Å². The number of carbonyl (C=O) groups is 8. The predicted molar refractivity (Wildman–Crippen MR) is 499 cm³/mol. The molecular formula is C99H138N16O14. The summed E-state index contributed by atoms with van der Waals surface area (Å²) in [5.74, 6) is -1.28. The number of ether oxygens (including phenoxy) is 4. The molecular weight excluding hydrogens is 1640 g/mol. The van der Waals surface area contributed by atoms with Crippen LogP contribution < -0.4 is 21.8 Å². The summed E-state index contributed by atoms with van der Waals surface area (Å²) in [6.45, 7) is 23.9. The van der Waals surface area contributed by atoms with Crippen molar-refractivity contribution in [2.75, 3.05) is 125 Å². The molecule has 6 fully saturated rings. The number of likely N-dealkylation sites (tertiary alicyclic amines) is 4. The van der Waals surface area contributed by atoms with Crippen molar-refractivity contribution in [3.8, 4) is 0 Å². The second-order valence-electron chi connectivity index (χ2n) is 36.6. The van der Waals surface area contributed by atoms with Crippen LogP contribution in [-0.2, 0) is 76.0 Å². The zero-order valence-electron chi connectivity index (χ0n) is 77.5. The van der Waals surface area contributed by atoms with Crippen molar-refractivity contribution in [3.05, 3.63) is 151 Å². The number of rotatable bonds is 34. The Morgan fingerprint density at radius 3 is 1.29 bits per heavy atom. The first-order valence-corrected chi connectivity index (χ1v) is 47.9. The highest BCUT2D eigenvalue weighted by atomic mass is 16.6. The van der Waals surface area contributed by atoms with Crippen LogP contribution in [0, 0.1) is 13.8 Å². The number of urea groups is 2. The lowest BCUT2D eigenvalue weighted by Gasteiger charge is -2.43. The number of aryl methyl sites for hydroxylation is 2. The predicted octanol–water partition coefficient (Wildman–Crippen LogP) is 13.2. The maximum atomic E-state index is 14.6. The van der Waals surface area contributed by atoms with E-state index >= 15 is 0 Å². The van der Waals surface area contributed by atoms with Gasteiger partial charge in [0.05, 0.1) is 34.9 Å². The molecule has 6 amide bonds. The lowest BCUT2D eigenvalue weighted by molar-refractivity contribution is -0.148. The van der Waals surface area contributed by atoms with Gasteiger partial charge >= 0.3 is 36.1 Å². The number of amides is 6. The van der Waals surface area contributed by atoms with Gasteiger partial charge in [0, 0.05) is 151 Å². The number of pyridine rings is 2. The topological polar surface area (TPSA) is 303 Å². The summed E-state index contributed by atoms with van der Waals surface area (Å²) in [7, 11) is 4.33. The number of nitrogens with zero attached hydrogens (tertiary/aromatic N) is 14. The van der Waals surface area contributed by atoms with Gasteiger partial charge in [-0.2, -0.15) is 14.9 Å². The summed E-state index contributed by atoms with van der Waals surface area (Å²) in [5.41, 5.74) is 7.27. The van der Waals surface area contributed by atoms with E-state index in [9.17, 15) is 47.9 Å². The van der Waals surface area contributed by atoms with Gasteiger partial charge in [-0.25, -0.2) is 19.1 Å². The van der Waals surface area contributed by atoms with Crippen LogP contribution in [0.5, 0.6) is 0 Å². The van der Waals surface area contributed by atoms with E-state index in [2.05, 4.69) is 77.1 Å². The maximum absolute atomic E-state index is 14.6. The Labute approximate surface area is 758 Å². The third-order valence-corrected chi connectivity index (χ3v) is 27.2. The Morgan fingerprint density at radius 1 is 0.434 bits per heavy atom. The van der Waals surface area contributed by atoms with Crippen molar-refractivity contribution in [2.24, 2.45) is 0 Å². The van der Waals surface area contributed by atoms with Crippen LogP contribution in [0.25, 0.3) is 43.6 Å². The molecule has 14 rings (SSSR count). The number of hydrogen-bond acceptors (Lipinski definition) is 20. The lowest BCUT2D eigenvalue weighted by atomic mass is 9.89. The van der Waals surface area contributed by atoms with E-state index in [0.717, 1.165) is 204 Å². The van der Waals surface area contributed by atoms with Gasteiger partial charge in [-0.3, -0.25) is 52.5 Å². The third-order valence-electron chi connectivity index (χ3n) is 27.2. The number of para-hydroxylation sites is 2. The van der Waals surface area contributed by atoms with Crippen LogP contribution in [0.3, 0.4) is 0 Å². The van der Waals surface area contributed by atoms with Crippen LogP contribution in [0.15, 0.2) is 107 Å². The first-order valence-electron chi connectivity index (χ1n) is 47.9. The molecule has 2 N–H and O–H groups in total. The second kappa shape index (κ2) is 46.8. The number of hydrogen-bond donors (Lipinski definition) is 2. The van der Waals surface area contributed by atoms with Gasteiger partial charge < -0.3 is 59.0 Å². The SMILES string of the molecule is CCCCCC(=O)OCn1cc2cc(C[C@@H](NC(=O)N3CCC(c4cc5ccccc5n(COC(=O)CCCCC)c4=O)CC3)C(=O)N3CCN(C4CCN(C)CC4)CC3)cc(C)c2n1.CCCCCOC(=O)n1ncc2cc(C[C@@H](NC(=O)N3CCC(c4cc5ccccc5n(COC(=O)CCCCC)c4=O)CC3)C(=O)N3CCN(C4CCN(C)CC4)CC3)cc(C)c21. The average Bonchev–Trinajstić information content (AvgIpc) is 1.66. The van der Waals surface area contributed by atoms with Crippen LogP contribution in [-0.4, -0.2) is 265 Å². The molecule has 4 aromatic heterocycles. The number of carbonyl (C=O) groups excluding carboxylic acids is 8. The highest BCUT2D eigenvalue weighted by Crippen LogP contribution is 2.33. The number of piperazine rings is 2. The zero-order chi connectivity index (χ0) is 91.0. The van der Waals surface area contributed by atoms with Gasteiger partial charge in [0.1, 0.15) is 12.1 Å². The van der Waals surface area contributed by atoms with E-state index in [1.807, 2.05) is 115 Å². The van der Waals surface area contributed by atoms with Crippen molar-refractivity contribution >= 4 is 91.5 Å². The van der Waals surface area contributed by atoms with Crippen molar-refractivity contribution in [2.45, 2.75) is 258 Å². The highest BCUT2D eigenvalue weighted by Gasteiger charge is 2.38. The largest absolute Gasteiger partial charge is 0.448 e. The number of aromatic nitrogens is 6. The molecule has 0 aliphatic carbocycles. The Kier molecular flexibility index (Phi) is 34.8. The minimum Gasteiger partial charge on any atom is -0.448 e. The highest BCUT2D eigenvalue weighted by molar-refractivity contribution is 5.92. The molecule has 6 saturated heterocycles. The summed E-state index contributed by atoms with van der Waals surface area (Å²) in [4.78, 5) is 153. The first-order chi connectivity index (χ1) is 62.5. The Morgan fingerprint density at radius 2 is 0.845 bits per heavy atom. The fraction of sp³-hybridized carbons (Fsp3) is 0.596. The minimum atomic E-state index is -0.826. The molecule has 6 aliphatic heterocycles. The molecule has 0 unspecified atom stereocenters. The molecule has 0 bridgehead atoms. The van der Waals surface area contributed by atoms with E-state index < -0.39 is 18.2 Å². The van der Waals surface area contributed by atoms with Gasteiger partial charge in [-0.15, -0.1) is 0 Å². The molecule has 698 valence electrons. The number of esters is 3. The van der Waals surface area contributed by atoms with Crippen molar-refractivity contribution < 1.29 is 57.3 Å². The number of nitrogens with one attached hydrogen (secondary N) is 2. The first kappa shape index (κ1) is 96.0. The van der Waals surface area contributed by atoms with Crippen LogP contribution in [0.2, 0.25) is 0 Å². The summed E-state index contributed by atoms with van der Waals surface area (Å²) in [6, 6.07) is 25.9. The summed E-state index contributed by atoms with van der Waals surface area (Å²) >= 11 is 0. The van der Waals surface area contributed by atoms with E-state index in [1.165, 1.54) is 4.68 Å². The summed E-state index contributed by atoms with van der Waals surface area (Å²) in [6.07, 6.45) is 22.4. The molecule has 2 atom stereocenters. The maximum Gasteiger partial charge on any atom is 0.435 e. The molecule has 6 aliphatic rings. The number of benzene rings is 4. The van der Waals surface area contributed by atoms with E-state index in [-0.39, 0.29) is 91.4 Å². The monoisotopic (exact) mass is 1780 g/mol. The summed E-state index contributed by atoms with van der Waals surface area (Å²) in [5, 5.41) is 18.8. The third kappa shape index (κ3) is 25.4. The number of fused-ring (bicyclic) bond motifs is 4. The standard InChI is InChI=1S/C50H70N8O7.C49H68N8O7/c1-5-7-9-15-45(59)64-34-57-33-40-30-37(29-36(3)47(40)52-57)31-43(49(62)55-27-25-54(26-28-55)41-19-21-53(4)22-20-41)51-50(63)56-23-17-38(18-24-56)42-32-39-13-11-12-14-44(39)58(48(42)61)35-65-46(60)16-10-8-6-2;1-5-7-9-15-44(58)64-34-56-43-14-11-10-13-38(43)32-41(46(56)59)37-16-22-55(23-17-37)48(61)51-42(47(60)54-26-24-53(25-27-54)40-18-20-52(4)21-19-40)31-36-29-35(3)45-39(30-36)33-50-57(45)49(62)63-28-12-8-6-2/h11-14,29-30,32-33,38,41,43H,5-10,15-28,31,34-35H2,1-4H3,(H,51,63);10-11,13-14,29-30,32-33,37,40,42H,5-9,12,15-28,31,34H2,1-4H3,(H,51,61)/t43-;42-/m11/s1. The van der Waals surface area contributed by atoms with Gasteiger partial charge in [-0.1, -0.05) is 128 Å². The molecule has 0 spiro atoms. The fourth-order valence-electron chi connectivity index (χ4n) is 19.5. The normalized spacial score (nSPS) is 17.5. The molecule has 0 radical (unpaired) electrons. The van der Waals surface area contributed by atoms with Crippen molar-refractivity contribution in [1.29, 1.82) is 0 Å². The Balaban J connectivity index is 0.000000220. The Bertz CT molecular complexity index is 5260. The van der Waals surface area contributed by atoms with Gasteiger partial charge in [0.25, 0.3) is 11.1 Å². The van der Waals surface area contributed by atoms with Crippen LogP contribution in [0.1, 0.15) is 221 Å². The van der Waals surface area contributed by atoms with Crippen molar-refractivity contribution in [3.63, 3.8) is 0 Å². The van der Waals surface area contributed by atoms with E-state index in [1.54, 1.807) is 29.8 Å². The van der Waals surface area contributed by atoms with Gasteiger partial charge in [0.15, 0.2) is 20.2 Å². The molecule has 129 heavy (non-hydrogen) atoms. The second-order valence-corrected chi connectivity index (χ2v) is 36.6. The number of piperidine rings is 4. The van der Waals surface area contributed by atoms with E-state index in [0.29, 0.717) is 150 Å². The zero-order valence-corrected chi connectivity index (χ0v) is 77.5. The summed E-state index contributed by atoms with van der Waals surface area (Å²) < 4.78 is 28.2. The number of unbranched alkanes of at least 4 members (excludes halogenated alkanes) is 8. The lowest BCUT2D eigenvalue weighted by Crippen LogP contribution is -2.59. The molecule has 8 aromatic rings. The average molecular weight is 1780 g/mol. The van der Waals surface area contributed by atoms with Crippen LogP contribution in [0.4, 0.5) is 14.4 Å².